The third-order valence-electron chi connectivity index (χ3n) is 2.77. The van der Waals surface area contributed by atoms with Crippen LogP contribution in [0.3, 0.4) is 0 Å². The summed E-state index contributed by atoms with van der Waals surface area (Å²) in [7, 11) is 1.24. The Kier molecular flexibility index (Phi) is 3.66. The van der Waals surface area contributed by atoms with Gasteiger partial charge in [-0.1, -0.05) is 30.3 Å². The van der Waals surface area contributed by atoms with Crippen LogP contribution in [-0.2, 0) is 9.53 Å². The van der Waals surface area contributed by atoms with Crippen LogP contribution in [-0.4, -0.2) is 30.6 Å². The molecule has 0 radical (unpaired) electrons. The number of fused-ring (bicyclic) bond motifs is 1. The number of benzene rings is 2. The van der Waals surface area contributed by atoms with Crippen molar-refractivity contribution >= 4 is 22.6 Å². The Morgan fingerprint density at radius 3 is 2.68 bits per heavy atom. The number of esters is 1. The standard InChI is InChI=1S/C14H13NO4/c1-19-12(16)8-15-14(18)11-7-6-9-4-2-3-5-10(9)13(11)17/h2-7,17H,8H2,1H3,(H,15,18). The smallest absolute Gasteiger partial charge is 0.325 e. The normalized spacial score (nSPS) is 10.2. The Morgan fingerprint density at radius 2 is 1.95 bits per heavy atom. The first-order valence-electron chi connectivity index (χ1n) is 5.69. The van der Waals surface area contributed by atoms with Gasteiger partial charge < -0.3 is 15.2 Å². The summed E-state index contributed by atoms with van der Waals surface area (Å²) < 4.78 is 4.42. The van der Waals surface area contributed by atoms with E-state index in [-0.39, 0.29) is 17.9 Å². The fourth-order valence-electron chi connectivity index (χ4n) is 1.76. The molecule has 0 aliphatic heterocycles. The van der Waals surface area contributed by atoms with Gasteiger partial charge in [0, 0.05) is 5.39 Å². The van der Waals surface area contributed by atoms with Crippen molar-refractivity contribution in [3.05, 3.63) is 42.0 Å². The van der Waals surface area contributed by atoms with E-state index in [1.165, 1.54) is 13.2 Å². The van der Waals surface area contributed by atoms with Crippen LogP contribution in [0.4, 0.5) is 0 Å². The number of ether oxygens (including phenoxy) is 1. The van der Waals surface area contributed by atoms with Crippen molar-refractivity contribution in [2.24, 2.45) is 0 Å². The van der Waals surface area contributed by atoms with E-state index in [1.807, 2.05) is 12.1 Å². The van der Waals surface area contributed by atoms with Gasteiger partial charge >= 0.3 is 5.97 Å². The van der Waals surface area contributed by atoms with E-state index in [2.05, 4.69) is 10.1 Å². The summed E-state index contributed by atoms with van der Waals surface area (Å²) in [5.74, 6) is -1.16. The number of carbonyl (C=O) groups is 2. The lowest BCUT2D eigenvalue weighted by Gasteiger charge is -2.08. The Bertz CT molecular complexity index is 636. The monoisotopic (exact) mass is 259 g/mol. The third-order valence-corrected chi connectivity index (χ3v) is 2.77. The number of methoxy groups -OCH3 is 1. The van der Waals surface area contributed by atoms with E-state index in [0.717, 1.165) is 5.39 Å². The van der Waals surface area contributed by atoms with Gasteiger partial charge in [-0.3, -0.25) is 9.59 Å². The fourth-order valence-corrected chi connectivity index (χ4v) is 1.76. The zero-order valence-corrected chi connectivity index (χ0v) is 10.3. The van der Waals surface area contributed by atoms with E-state index >= 15 is 0 Å². The average molecular weight is 259 g/mol. The molecule has 0 aromatic heterocycles. The first-order chi connectivity index (χ1) is 9.13. The van der Waals surface area contributed by atoms with Crippen molar-refractivity contribution < 1.29 is 19.4 Å². The molecule has 2 rings (SSSR count). The lowest BCUT2D eigenvalue weighted by atomic mass is 10.0. The predicted octanol–water partition coefficient (Wildman–Crippen LogP) is 1.45. The molecule has 0 spiro atoms. The van der Waals surface area contributed by atoms with Crippen LogP contribution in [0, 0.1) is 0 Å². The van der Waals surface area contributed by atoms with Crippen molar-refractivity contribution in [2.75, 3.05) is 13.7 Å². The van der Waals surface area contributed by atoms with Crippen LogP contribution < -0.4 is 5.32 Å². The molecule has 0 bridgehead atoms. The summed E-state index contributed by atoms with van der Waals surface area (Å²) in [6.45, 7) is -0.235. The summed E-state index contributed by atoms with van der Waals surface area (Å²) >= 11 is 0. The number of hydrogen-bond donors (Lipinski definition) is 2. The number of rotatable bonds is 3. The van der Waals surface area contributed by atoms with Crippen LogP contribution >= 0.6 is 0 Å². The molecule has 0 unspecified atom stereocenters. The van der Waals surface area contributed by atoms with Gasteiger partial charge in [0.05, 0.1) is 12.7 Å². The molecule has 2 aromatic rings. The molecule has 1 amide bonds. The maximum absolute atomic E-state index is 11.9. The maximum Gasteiger partial charge on any atom is 0.325 e. The van der Waals surface area contributed by atoms with Gasteiger partial charge in [0.2, 0.25) is 0 Å². The molecule has 19 heavy (non-hydrogen) atoms. The van der Waals surface area contributed by atoms with Gasteiger partial charge in [-0.25, -0.2) is 0 Å². The van der Waals surface area contributed by atoms with Gasteiger partial charge in [0.25, 0.3) is 5.91 Å². The van der Waals surface area contributed by atoms with Gasteiger partial charge in [-0.15, -0.1) is 0 Å². The van der Waals surface area contributed by atoms with Crippen LogP contribution in [0.25, 0.3) is 10.8 Å². The molecule has 5 nitrogen and oxygen atoms in total. The summed E-state index contributed by atoms with van der Waals surface area (Å²) in [4.78, 5) is 22.8. The summed E-state index contributed by atoms with van der Waals surface area (Å²) in [6.07, 6.45) is 0. The molecule has 0 aliphatic carbocycles. The fraction of sp³-hybridized carbons (Fsp3) is 0.143. The van der Waals surface area contributed by atoms with E-state index in [9.17, 15) is 14.7 Å². The predicted molar refractivity (Wildman–Crippen MR) is 70.0 cm³/mol. The van der Waals surface area contributed by atoms with Crippen molar-refractivity contribution in [1.29, 1.82) is 0 Å². The molecule has 5 heteroatoms. The molecular formula is C14H13NO4. The Morgan fingerprint density at radius 1 is 1.21 bits per heavy atom. The number of carbonyl (C=O) groups excluding carboxylic acids is 2. The number of aromatic hydroxyl groups is 1. The quantitative estimate of drug-likeness (QED) is 0.818. The number of phenols is 1. The molecule has 0 fully saturated rings. The minimum Gasteiger partial charge on any atom is -0.506 e. The molecule has 0 atom stereocenters. The van der Waals surface area contributed by atoms with Gasteiger partial charge in [-0.2, -0.15) is 0 Å². The maximum atomic E-state index is 11.9. The van der Waals surface area contributed by atoms with Crippen molar-refractivity contribution in [1.82, 2.24) is 5.32 Å². The highest BCUT2D eigenvalue weighted by molar-refractivity contribution is 6.04. The number of hydrogen-bond acceptors (Lipinski definition) is 4. The molecule has 0 saturated carbocycles. The zero-order valence-electron chi connectivity index (χ0n) is 10.3. The molecule has 98 valence electrons. The first-order valence-corrected chi connectivity index (χ1v) is 5.69. The molecule has 2 N–H and O–H groups in total. The summed E-state index contributed by atoms with van der Waals surface area (Å²) in [5.41, 5.74) is 0.127. The highest BCUT2D eigenvalue weighted by Crippen LogP contribution is 2.28. The Hall–Kier alpha value is -2.56. The summed E-state index contributed by atoms with van der Waals surface area (Å²) in [5, 5.41) is 13.9. The van der Waals surface area contributed by atoms with Crippen LogP contribution in [0.1, 0.15) is 10.4 Å². The second-order valence-electron chi connectivity index (χ2n) is 3.94. The molecule has 0 heterocycles. The highest BCUT2D eigenvalue weighted by Gasteiger charge is 2.14. The Balaban J connectivity index is 2.27. The lowest BCUT2D eigenvalue weighted by molar-refractivity contribution is -0.139. The first kappa shape index (κ1) is 12.9. The lowest BCUT2D eigenvalue weighted by Crippen LogP contribution is -2.30. The largest absolute Gasteiger partial charge is 0.506 e. The topological polar surface area (TPSA) is 75.6 Å². The third kappa shape index (κ3) is 2.65. The SMILES string of the molecule is COC(=O)CNC(=O)c1ccc2ccccc2c1O. The second-order valence-corrected chi connectivity index (χ2v) is 3.94. The molecule has 0 saturated heterocycles. The van der Waals surface area contributed by atoms with Crippen molar-refractivity contribution in [3.8, 4) is 5.75 Å². The number of nitrogens with one attached hydrogen (secondary N) is 1. The van der Waals surface area contributed by atoms with Crippen molar-refractivity contribution in [2.45, 2.75) is 0 Å². The number of amides is 1. The second kappa shape index (κ2) is 5.39. The molecular weight excluding hydrogens is 246 g/mol. The summed E-state index contributed by atoms with van der Waals surface area (Å²) in [6, 6.07) is 10.4. The van der Waals surface area contributed by atoms with Crippen LogP contribution in [0.5, 0.6) is 5.75 Å². The minimum absolute atomic E-state index is 0.0968. The van der Waals surface area contributed by atoms with E-state index in [4.69, 9.17) is 0 Å². The van der Waals surface area contributed by atoms with Gasteiger partial charge in [-0.05, 0) is 11.5 Å². The van der Waals surface area contributed by atoms with Crippen LogP contribution in [0.15, 0.2) is 36.4 Å². The van der Waals surface area contributed by atoms with E-state index in [0.29, 0.717) is 5.39 Å². The minimum atomic E-state index is -0.548. The van der Waals surface area contributed by atoms with Crippen molar-refractivity contribution in [3.63, 3.8) is 0 Å². The number of phenolic OH excluding ortho intramolecular Hbond substituents is 1. The Labute approximate surface area is 109 Å². The highest BCUT2D eigenvalue weighted by atomic mass is 16.5. The van der Waals surface area contributed by atoms with Crippen LogP contribution in [0.2, 0.25) is 0 Å². The van der Waals surface area contributed by atoms with Gasteiger partial charge in [0.15, 0.2) is 0 Å². The molecule has 2 aromatic carbocycles. The van der Waals surface area contributed by atoms with E-state index < -0.39 is 11.9 Å². The average Bonchev–Trinajstić information content (AvgIpc) is 2.45. The molecule has 0 aliphatic rings. The zero-order chi connectivity index (χ0) is 13.8. The van der Waals surface area contributed by atoms with E-state index in [1.54, 1.807) is 18.2 Å². The van der Waals surface area contributed by atoms with Gasteiger partial charge in [0.1, 0.15) is 12.3 Å².